The molecule has 21 heavy (non-hydrogen) atoms. The molecule has 1 atom stereocenters. The predicted molar refractivity (Wildman–Crippen MR) is 76.5 cm³/mol. The van der Waals surface area contributed by atoms with Gasteiger partial charge in [0.25, 0.3) is 5.91 Å². The van der Waals surface area contributed by atoms with Gasteiger partial charge in [-0.05, 0) is 17.5 Å². The monoisotopic (exact) mass is 314 g/mol. The van der Waals surface area contributed by atoms with Gasteiger partial charge in [-0.15, -0.1) is 0 Å². The molecule has 0 heterocycles. The highest BCUT2D eigenvalue weighted by atomic mass is 35.5. The summed E-state index contributed by atoms with van der Waals surface area (Å²) in [6.07, 6.45) is 0. The normalized spacial score (nSPS) is 12.6. The number of amides is 1. The molecular formula is C13H15ClN2O5. The number of hydrogen-bond donors (Lipinski definition) is 2. The van der Waals surface area contributed by atoms with Gasteiger partial charge in [-0.3, -0.25) is 14.9 Å². The van der Waals surface area contributed by atoms with Gasteiger partial charge in [0.2, 0.25) is 0 Å². The van der Waals surface area contributed by atoms with E-state index in [-0.39, 0.29) is 10.6 Å². The molecule has 0 aliphatic carbocycles. The predicted octanol–water partition coefficient (Wildman–Crippen LogP) is 2.48. The Morgan fingerprint density at radius 3 is 2.38 bits per heavy atom. The number of rotatable bonds is 4. The van der Waals surface area contributed by atoms with Gasteiger partial charge in [0.1, 0.15) is 16.6 Å². The molecule has 7 nitrogen and oxygen atoms in total. The van der Waals surface area contributed by atoms with Crippen LogP contribution >= 0.6 is 11.6 Å². The second-order valence-corrected chi connectivity index (χ2v) is 5.91. The van der Waals surface area contributed by atoms with Gasteiger partial charge in [0.05, 0.1) is 4.92 Å². The number of carboxylic acids is 1. The van der Waals surface area contributed by atoms with Crippen LogP contribution in [0.5, 0.6) is 0 Å². The van der Waals surface area contributed by atoms with Crippen LogP contribution in [0.4, 0.5) is 5.69 Å². The van der Waals surface area contributed by atoms with Crippen molar-refractivity contribution in [3.05, 3.63) is 38.9 Å². The zero-order valence-electron chi connectivity index (χ0n) is 11.7. The van der Waals surface area contributed by atoms with Crippen LogP contribution in [0.2, 0.25) is 5.02 Å². The van der Waals surface area contributed by atoms with Crippen molar-refractivity contribution >= 4 is 29.2 Å². The van der Waals surface area contributed by atoms with Crippen LogP contribution in [0, 0.1) is 15.5 Å². The van der Waals surface area contributed by atoms with Crippen LogP contribution in [-0.4, -0.2) is 27.9 Å². The molecule has 0 radical (unpaired) electrons. The number of carboxylic acid groups (broad SMARTS) is 1. The standard InChI is InChI=1S/C13H15ClN2O5/c1-13(2,3)10(12(18)19)15-11(17)7-5-4-6-8(14)9(7)16(20)21/h4-6,10H,1-3H3,(H,15,17)(H,18,19)/t10-/m0/s1. The Morgan fingerprint density at radius 2 is 1.95 bits per heavy atom. The van der Waals surface area contributed by atoms with E-state index < -0.39 is 33.9 Å². The number of nitrogens with one attached hydrogen (secondary N) is 1. The highest BCUT2D eigenvalue weighted by molar-refractivity contribution is 6.33. The molecule has 0 aromatic heterocycles. The third-order valence-corrected chi connectivity index (χ3v) is 3.11. The molecule has 2 N–H and O–H groups in total. The smallest absolute Gasteiger partial charge is 0.326 e. The summed E-state index contributed by atoms with van der Waals surface area (Å²) in [5.74, 6) is -2.08. The van der Waals surface area contributed by atoms with Crippen LogP contribution in [-0.2, 0) is 4.79 Å². The van der Waals surface area contributed by atoms with Crippen LogP contribution < -0.4 is 5.32 Å². The first kappa shape index (κ1) is 16.9. The Kier molecular flexibility index (Phi) is 4.90. The molecule has 0 bridgehead atoms. The fourth-order valence-corrected chi connectivity index (χ4v) is 1.99. The maximum Gasteiger partial charge on any atom is 0.326 e. The lowest BCUT2D eigenvalue weighted by Crippen LogP contribution is -2.49. The number of para-hydroxylation sites is 1. The Bertz CT molecular complexity index is 595. The molecule has 0 aliphatic rings. The fourth-order valence-electron chi connectivity index (χ4n) is 1.74. The summed E-state index contributed by atoms with van der Waals surface area (Å²) >= 11 is 5.72. The summed E-state index contributed by atoms with van der Waals surface area (Å²) < 4.78 is 0. The third kappa shape index (κ3) is 3.91. The largest absolute Gasteiger partial charge is 0.480 e. The van der Waals surface area contributed by atoms with Crippen LogP contribution in [0.1, 0.15) is 31.1 Å². The maximum atomic E-state index is 12.1. The van der Waals surface area contributed by atoms with Crippen molar-refractivity contribution in [2.24, 2.45) is 5.41 Å². The Balaban J connectivity index is 3.19. The molecule has 0 spiro atoms. The number of hydrogen-bond acceptors (Lipinski definition) is 4. The molecule has 1 aromatic carbocycles. The van der Waals surface area contributed by atoms with Crippen molar-refractivity contribution < 1.29 is 19.6 Å². The van der Waals surface area contributed by atoms with E-state index in [2.05, 4.69) is 5.32 Å². The van der Waals surface area contributed by atoms with Crippen molar-refractivity contribution in [3.63, 3.8) is 0 Å². The SMILES string of the molecule is CC(C)(C)[C@@H](NC(=O)c1cccc(Cl)c1[N+](=O)[O-])C(=O)O. The third-order valence-electron chi connectivity index (χ3n) is 2.80. The van der Waals surface area contributed by atoms with Gasteiger partial charge in [-0.1, -0.05) is 38.4 Å². The van der Waals surface area contributed by atoms with Gasteiger partial charge in [-0.25, -0.2) is 4.79 Å². The molecule has 1 amide bonds. The molecule has 1 aromatic rings. The molecule has 8 heteroatoms. The van der Waals surface area contributed by atoms with E-state index in [9.17, 15) is 19.7 Å². The summed E-state index contributed by atoms with van der Waals surface area (Å²) in [5, 5.41) is 22.3. The summed E-state index contributed by atoms with van der Waals surface area (Å²) in [5.41, 5.74) is -1.58. The Morgan fingerprint density at radius 1 is 1.38 bits per heavy atom. The van der Waals surface area contributed by atoms with Gasteiger partial charge in [0.15, 0.2) is 0 Å². The first-order valence-corrected chi connectivity index (χ1v) is 6.40. The van der Waals surface area contributed by atoms with Crippen LogP contribution in [0.25, 0.3) is 0 Å². The molecule has 0 aliphatic heterocycles. The van der Waals surface area contributed by atoms with E-state index in [0.717, 1.165) is 0 Å². The van der Waals surface area contributed by atoms with E-state index in [4.69, 9.17) is 16.7 Å². The second kappa shape index (κ2) is 6.09. The number of nitro groups is 1. The zero-order chi connectivity index (χ0) is 16.4. The van der Waals surface area contributed by atoms with Crippen LogP contribution in [0.15, 0.2) is 18.2 Å². The van der Waals surface area contributed by atoms with Gasteiger partial charge in [-0.2, -0.15) is 0 Å². The molecule has 114 valence electrons. The molecule has 0 fully saturated rings. The van der Waals surface area contributed by atoms with Crippen molar-refractivity contribution in [2.45, 2.75) is 26.8 Å². The minimum Gasteiger partial charge on any atom is -0.480 e. The molecule has 0 unspecified atom stereocenters. The number of benzene rings is 1. The van der Waals surface area contributed by atoms with Crippen molar-refractivity contribution in [1.82, 2.24) is 5.32 Å². The van der Waals surface area contributed by atoms with E-state index in [1.54, 1.807) is 20.8 Å². The number of halogens is 1. The maximum absolute atomic E-state index is 12.1. The summed E-state index contributed by atoms with van der Waals surface area (Å²) in [7, 11) is 0. The molecule has 0 saturated carbocycles. The van der Waals surface area contributed by atoms with E-state index in [1.807, 2.05) is 0 Å². The van der Waals surface area contributed by atoms with Crippen molar-refractivity contribution in [2.75, 3.05) is 0 Å². The first-order valence-electron chi connectivity index (χ1n) is 6.02. The summed E-state index contributed by atoms with van der Waals surface area (Å²) in [6.45, 7) is 4.91. The number of carbonyl (C=O) groups is 2. The lowest BCUT2D eigenvalue weighted by Gasteiger charge is -2.27. The van der Waals surface area contributed by atoms with Crippen molar-refractivity contribution in [3.8, 4) is 0 Å². The first-order chi connectivity index (χ1) is 9.55. The number of nitro benzene ring substituents is 1. The highest BCUT2D eigenvalue weighted by Gasteiger charge is 2.34. The summed E-state index contributed by atoms with van der Waals surface area (Å²) in [4.78, 5) is 33.6. The second-order valence-electron chi connectivity index (χ2n) is 5.50. The minimum atomic E-state index is -1.22. The number of nitrogens with zero attached hydrogens (tertiary/aromatic N) is 1. The summed E-state index contributed by atoms with van der Waals surface area (Å²) in [6, 6.07) is 2.70. The van der Waals surface area contributed by atoms with Gasteiger partial charge in [0, 0.05) is 0 Å². The molecule has 0 saturated heterocycles. The number of aliphatic carboxylic acids is 1. The van der Waals surface area contributed by atoms with Crippen LogP contribution in [0.3, 0.4) is 0 Å². The lowest BCUT2D eigenvalue weighted by molar-refractivity contribution is -0.385. The average Bonchev–Trinajstić information content (AvgIpc) is 2.32. The highest BCUT2D eigenvalue weighted by Crippen LogP contribution is 2.28. The van der Waals surface area contributed by atoms with Gasteiger partial charge < -0.3 is 10.4 Å². The average molecular weight is 315 g/mol. The topological polar surface area (TPSA) is 110 Å². The lowest BCUT2D eigenvalue weighted by atomic mass is 9.86. The van der Waals surface area contributed by atoms with Crippen molar-refractivity contribution in [1.29, 1.82) is 0 Å². The molecule has 1 rings (SSSR count). The Labute approximate surface area is 126 Å². The minimum absolute atomic E-state index is 0.185. The number of carbonyl (C=O) groups excluding carboxylic acids is 1. The van der Waals surface area contributed by atoms with Gasteiger partial charge >= 0.3 is 11.7 Å². The Hall–Kier alpha value is -2.15. The van der Waals surface area contributed by atoms with E-state index in [1.165, 1.54) is 18.2 Å². The van der Waals surface area contributed by atoms with E-state index >= 15 is 0 Å². The van der Waals surface area contributed by atoms with E-state index in [0.29, 0.717) is 0 Å². The quantitative estimate of drug-likeness (QED) is 0.655. The molecular weight excluding hydrogens is 300 g/mol. The fraction of sp³-hybridized carbons (Fsp3) is 0.385. The zero-order valence-corrected chi connectivity index (χ0v) is 12.5.